The molecule has 6 aromatic carbocycles. The number of para-hydroxylation sites is 1. The molecule has 7 rings (SSSR count). The van der Waals surface area contributed by atoms with Crippen molar-refractivity contribution in [1.82, 2.24) is 0 Å². The summed E-state index contributed by atoms with van der Waals surface area (Å²) in [5, 5.41) is 2.55. The summed E-state index contributed by atoms with van der Waals surface area (Å²) >= 11 is 0. The van der Waals surface area contributed by atoms with Gasteiger partial charge in [0.25, 0.3) is 0 Å². The van der Waals surface area contributed by atoms with Crippen molar-refractivity contribution >= 4 is 27.8 Å². The van der Waals surface area contributed by atoms with Crippen molar-refractivity contribution in [3.05, 3.63) is 175 Å². The fourth-order valence-corrected chi connectivity index (χ4v) is 6.23. The normalized spacial score (nSPS) is 16.0. The maximum Gasteiger partial charge on any atom is 0.0465 e. The van der Waals surface area contributed by atoms with Crippen molar-refractivity contribution in [2.75, 3.05) is 4.90 Å². The lowest BCUT2D eigenvalue weighted by atomic mass is 9.80. The zero-order valence-electron chi connectivity index (χ0n) is 23.8. The highest BCUT2D eigenvalue weighted by molar-refractivity contribution is 5.98. The first-order chi connectivity index (χ1) is 20.8. The van der Waals surface area contributed by atoms with Crippen LogP contribution in [-0.2, 0) is 0 Å². The van der Waals surface area contributed by atoms with Crippen LogP contribution in [0, 0.1) is 5.92 Å². The van der Waals surface area contributed by atoms with Crippen molar-refractivity contribution in [2.45, 2.75) is 12.8 Å². The van der Waals surface area contributed by atoms with Crippen LogP contribution in [0.4, 0.5) is 17.1 Å². The molecule has 0 saturated heterocycles. The summed E-state index contributed by atoms with van der Waals surface area (Å²) in [6, 6.07) is 52.6. The molecular formula is C41H33N. The predicted molar refractivity (Wildman–Crippen MR) is 180 cm³/mol. The molecule has 0 heterocycles. The van der Waals surface area contributed by atoms with Gasteiger partial charge in [0, 0.05) is 23.0 Å². The molecule has 1 aliphatic carbocycles. The lowest BCUT2D eigenvalue weighted by Gasteiger charge is -2.29. The topological polar surface area (TPSA) is 3.24 Å². The molecule has 0 fully saturated rings. The molecule has 1 heteroatoms. The predicted octanol–water partition coefficient (Wildman–Crippen LogP) is 11.5. The van der Waals surface area contributed by atoms with Gasteiger partial charge in [-0.1, -0.05) is 140 Å². The van der Waals surface area contributed by atoms with Crippen molar-refractivity contribution in [3.8, 4) is 22.3 Å². The van der Waals surface area contributed by atoms with E-state index in [2.05, 4.69) is 182 Å². The molecule has 0 aromatic heterocycles. The molecule has 0 saturated carbocycles. The molecule has 0 aliphatic heterocycles. The molecule has 2 atom stereocenters. The molecule has 1 nitrogen and oxygen atoms in total. The number of benzene rings is 6. The zero-order chi connectivity index (χ0) is 28.3. The van der Waals surface area contributed by atoms with E-state index in [0.717, 1.165) is 17.1 Å². The molecule has 6 aromatic rings. The summed E-state index contributed by atoms with van der Waals surface area (Å²) in [5.74, 6) is 0.677. The first-order valence-electron chi connectivity index (χ1n) is 14.7. The largest absolute Gasteiger partial charge is 0.310 e. The highest BCUT2D eigenvalue weighted by Gasteiger charge is 2.23. The van der Waals surface area contributed by atoms with E-state index in [9.17, 15) is 0 Å². The third kappa shape index (κ3) is 4.95. The second kappa shape index (κ2) is 11.4. The Morgan fingerprint density at radius 3 is 1.88 bits per heavy atom. The summed E-state index contributed by atoms with van der Waals surface area (Å²) in [7, 11) is 0. The first kappa shape index (κ1) is 25.8. The Balaban J connectivity index is 1.40. The average Bonchev–Trinajstić information content (AvgIpc) is 3.06. The fourth-order valence-electron chi connectivity index (χ4n) is 6.23. The van der Waals surface area contributed by atoms with Gasteiger partial charge in [0.1, 0.15) is 0 Å². The van der Waals surface area contributed by atoms with Crippen molar-refractivity contribution in [3.63, 3.8) is 0 Å². The number of rotatable bonds is 6. The fraction of sp³-hybridized carbons (Fsp3) is 0.0732. The highest BCUT2D eigenvalue weighted by atomic mass is 15.1. The second-order valence-corrected chi connectivity index (χ2v) is 11.0. The molecule has 0 radical (unpaired) electrons. The summed E-state index contributed by atoms with van der Waals surface area (Å²) in [6.45, 7) is 2.32. The van der Waals surface area contributed by atoms with Crippen LogP contribution in [0.3, 0.4) is 0 Å². The zero-order valence-corrected chi connectivity index (χ0v) is 23.8. The molecular weight excluding hydrogens is 506 g/mol. The van der Waals surface area contributed by atoms with Crippen LogP contribution >= 0.6 is 0 Å². The lowest BCUT2D eigenvalue weighted by Crippen LogP contribution is -2.13. The minimum atomic E-state index is 0.280. The molecule has 1 aliphatic rings. The minimum Gasteiger partial charge on any atom is -0.310 e. The highest BCUT2D eigenvalue weighted by Crippen LogP contribution is 2.43. The van der Waals surface area contributed by atoms with Crippen LogP contribution in [0.1, 0.15) is 18.4 Å². The number of nitrogens with zero attached hydrogens (tertiary/aromatic N) is 1. The molecule has 42 heavy (non-hydrogen) atoms. The molecule has 0 N–H and O–H groups in total. The summed E-state index contributed by atoms with van der Waals surface area (Å²) in [4.78, 5) is 2.37. The molecule has 0 amide bonds. The lowest BCUT2D eigenvalue weighted by molar-refractivity contribution is 0.636. The van der Waals surface area contributed by atoms with Gasteiger partial charge in [0.05, 0.1) is 0 Å². The Bertz CT molecular complexity index is 1880. The van der Waals surface area contributed by atoms with E-state index in [1.165, 1.54) is 38.6 Å². The number of allylic oxidation sites excluding steroid dienone is 4. The van der Waals surface area contributed by atoms with E-state index < -0.39 is 0 Å². The molecule has 202 valence electrons. The van der Waals surface area contributed by atoms with Gasteiger partial charge >= 0.3 is 0 Å². The Morgan fingerprint density at radius 2 is 1.10 bits per heavy atom. The number of fused-ring (bicyclic) bond motifs is 1. The van der Waals surface area contributed by atoms with Gasteiger partial charge in [-0.05, 0) is 80.9 Å². The average molecular weight is 540 g/mol. The standard InChI is InChI=1S/C41H33N/c1-30-13-8-10-20-37(30)41-29-36(27-28-40(41)39-22-12-17-33-16-9-11-21-38(33)39)42(34-18-6-3-7-19-34)35-25-23-32(24-26-35)31-14-4-2-5-15-31/h2-30,37H,1H3. The van der Waals surface area contributed by atoms with Crippen molar-refractivity contribution < 1.29 is 0 Å². The smallest absolute Gasteiger partial charge is 0.0465 e. The van der Waals surface area contributed by atoms with Crippen LogP contribution in [0.2, 0.25) is 0 Å². The molecule has 0 spiro atoms. The van der Waals surface area contributed by atoms with E-state index in [1.807, 2.05) is 0 Å². The Morgan fingerprint density at radius 1 is 0.476 bits per heavy atom. The van der Waals surface area contributed by atoms with Crippen LogP contribution in [0.5, 0.6) is 0 Å². The Kier molecular flexibility index (Phi) is 7.00. The number of hydrogen-bond donors (Lipinski definition) is 0. The van der Waals surface area contributed by atoms with E-state index in [4.69, 9.17) is 0 Å². The Labute approximate surface area is 248 Å². The van der Waals surface area contributed by atoms with Crippen LogP contribution in [0.15, 0.2) is 170 Å². The van der Waals surface area contributed by atoms with E-state index >= 15 is 0 Å². The molecule has 0 bridgehead atoms. The Hall–Kier alpha value is -5.14. The summed E-state index contributed by atoms with van der Waals surface area (Å²) in [6.07, 6.45) is 9.05. The first-order valence-corrected chi connectivity index (χ1v) is 14.7. The van der Waals surface area contributed by atoms with Crippen LogP contribution < -0.4 is 4.90 Å². The summed E-state index contributed by atoms with van der Waals surface area (Å²) in [5.41, 5.74) is 9.79. The van der Waals surface area contributed by atoms with Crippen molar-refractivity contribution in [1.29, 1.82) is 0 Å². The van der Waals surface area contributed by atoms with Gasteiger partial charge in [-0.15, -0.1) is 0 Å². The third-order valence-corrected chi connectivity index (χ3v) is 8.39. The van der Waals surface area contributed by atoms with Crippen LogP contribution in [-0.4, -0.2) is 0 Å². The minimum absolute atomic E-state index is 0.280. The SMILES string of the molecule is CC1C=CC=CC1c1cc(N(c2ccccc2)c2ccc(-c3ccccc3)cc2)ccc1-c1cccc2ccccc12. The number of anilines is 3. The van der Waals surface area contributed by atoms with Gasteiger partial charge < -0.3 is 4.90 Å². The van der Waals surface area contributed by atoms with Gasteiger partial charge in [-0.2, -0.15) is 0 Å². The van der Waals surface area contributed by atoms with E-state index in [0.29, 0.717) is 5.92 Å². The monoisotopic (exact) mass is 539 g/mol. The molecule has 2 unspecified atom stereocenters. The van der Waals surface area contributed by atoms with Gasteiger partial charge in [0.15, 0.2) is 0 Å². The van der Waals surface area contributed by atoms with E-state index in [-0.39, 0.29) is 5.92 Å². The van der Waals surface area contributed by atoms with E-state index in [1.54, 1.807) is 0 Å². The third-order valence-electron chi connectivity index (χ3n) is 8.39. The quantitative estimate of drug-likeness (QED) is 0.203. The van der Waals surface area contributed by atoms with Crippen molar-refractivity contribution in [2.24, 2.45) is 5.92 Å². The van der Waals surface area contributed by atoms with Gasteiger partial charge in [0.2, 0.25) is 0 Å². The van der Waals surface area contributed by atoms with Gasteiger partial charge in [-0.25, -0.2) is 0 Å². The maximum atomic E-state index is 2.42. The summed E-state index contributed by atoms with van der Waals surface area (Å²) < 4.78 is 0. The maximum absolute atomic E-state index is 2.42. The van der Waals surface area contributed by atoms with Crippen LogP contribution in [0.25, 0.3) is 33.0 Å². The number of hydrogen-bond acceptors (Lipinski definition) is 1. The second-order valence-electron chi connectivity index (χ2n) is 11.0. The van der Waals surface area contributed by atoms with Gasteiger partial charge in [-0.3, -0.25) is 0 Å².